The molecule has 0 unspecified atom stereocenters. The molecule has 2 aromatic carbocycles. The Labute approximate surface area is 152 Å². The van der Waals surface area contributed by atoms with Gasteiger partial charge in [0.1, 0.15) is 5.82 Å². The first-order valence-corrected chi connectivity index (χ1v) is 8.85. The maximum absolute atomic E-state index is 9.79. The topological polar surface area (TPSA) is 70.5 Å². The number of aliphatic hydroxyl groups excluding tert-OH is 1. The Hall–Kier alpha value is -2.70. The first-order valence-electron chi connectivity index (χ1n) is 8.85. The van der Waals surface area contributed by atoms with Crippen molar-refractivity contribution in [3.63, 3.8) is 0 Å². The van der Waals surface area contributed by atoms with Crippen LogP contribution in [-0.4, -0.2) is 41.4 Å². The van der Waals surface area contributed by atoms with Crippen molar-refractivity contribution in [2.45, 2.75) is 13.0 Å². The SMILES string of the molecule is C[C@@H](O)c1cccc(Nc2nc(N3CCOCC3)c3ccccc3n2)c1. The lowest BCUT2D eigenvalue weighted by molar-refractivity contribution is 0.122. The second-order valence-electron chi connectivity index (χ2n) is 6.41. The minimum absolute atomic E-state index is 0.516. The van der Waals surface area contributed by atoms with Gasteiger partial charge in [-0.1, -0.05) is 24.3 Å². The van der Waals surface area contributed by atoms with E-state index in [1.165, 1.54) is 0 Å². The zero-order chi connectivity index (χ0) is 17.9. The molecular formula is C20H22N4O2. The molecule has 6 nitrogen and oxygen atoms in total. The zero-order valence-corrected chi connectivity index (χ0v) is 14.7. The molecule has 0 saturated carbocycles. The van der Waals surface area contributed by atoms with E-state index in [9.17, 15) is 5.11 Å². The summed E-state index contributed by atoms with van der Waals surface area (Å²) in [5.74, 6) is 1.47. The predicted octanol–water partition coefficient (Wildman–Crippen LogP) is 3.26. The van der Waals surface area contributed by atoms with Crippen LogP contribution in [-0.2, 0) is 4.74 Å². The third kappa shape index (κ3) is 3.47. The molecule has 0 radical (unpaired) electrons. The van der Waals surface area contributed by atoms with Crippen LogP contribution in [0.1, 0.15) is 18.6 Å². The molecule has 2 heterocycles. The zero-order valence-electron chi connectivity index (χ0n) is 14.7. The number of anilines is 3. The molecule has 6 heteroatoms. The molecule has 0 aliphatic carbocycles. The summed E-state index contributed by atoms with van der Waals surface area (Å²) < 4.78 is 5.47. The average Bonchev–Trinajstić information content (AvgIpc) is 2.68. The van der Waals surface area contributed by atoms with E-state index < -0.39 is 6.10 Å². The summed E-state index contributed by atoms with van der Waals surface area (Å²) in [5, 5.41) is 14.1. The van der Waals surface area contributed by atoms with E-state index in [-0.39, 0.29) is 0 Å². The smallest absolute Gasteiger partial charge is 0.229 e. The molecule has 1 aliphatic rings. The molecule has 0 bridgehead atoms. The molecule has 0 spiro atoms. The fourth-order valence-corrected chi connectivity index (χ4v) is 3.14. The molecule has 0 amide bonds. The van der Waals surface area contributed by atoms with Gasteiger partial charge >= 0.3 is 0 Å². The van der Waals surface area contributed by atoms with E-state index in [4.69, 9.17) is 9.72 Å². The van der Waals surface area contributed by atoms with Crippen LogP contribution in [0.4, 0.5) is 17.5 Å². The monoisotopic (exact) mass is 350 g/mol. The molecule has 1 fully saturated rings. The van der Waals surface area contributed by atoms with Crippen molar-refractivity contribution in [3.8, 4) is 0 Å². The number of aromatic nitrogens is 2. The number of morpholine rings is 1. The van der Waals surface area contributed by atoms with Gasteiger partial charge in [-0.25, -0.2) is 4.98 Å². The van der Waals surface area contributed by atoms with Crippen LogP contribution in [0, 0.1) is 0 Å². The van der Waals surface area contributed by atoms with E-state index in [1.54, 1.807) is 6.92 Å². The fraction of sp³-hybridized carbons (Fsp3) is 0.300. The van der Waals surface area contributed by atoms with Gasteiger partial charge in [0.15, 0.2) is 0 Å². The quantitative estimate of drug-likeness (QED) is 0.753. The highest BCUT2D eigenvalue weighted by Gasteiger charge is 2.17. The van der Waals surface area contributed by atoms with E-state index in [0.717, 1.165) is 41.1 Å². The first kappa shape index (κ1) is 16.8. The second-order valence-corrected chi connectivity index (χ2v) is 6.41. The van der Waals surface area contributed by atoms with Crippen LogP contribution in [0.2, 0.25) is 0 Å². The first-order chi connectivity index (χ1) is 12.7. The van der Waals surface area contributed by atoms with Crippen LogP contribution in [0.15, 0.2) is 48.5 Å². The van der Waals surface area contributed by atoms with Gasteiger partial charge in [0.05, 0.1) is 24.8 Å². The number of fused-ring (bicyclic) bond motifs is 1. The highest BCUT2D eigenvalue weighted by Crippen LogP contribution is 2.27. The van der Waals surface area contributed by atoms with Crippen molar-refractivity contribution in [3.05, 3.63) is 54.1 Å². The molecule has 2 N–H and O–H groups in total. The largest absolute Gasteiger partial charge is 0.389 e. The average molecular weight is 350 g/mol. The summed E-state index contributed by atoms with van der Waals surface area (Å²) in [6, 6.07) is 15.7. The second kappa shape index (κ2) is 7.27. The predicted molar refractivity (Wildman–Crippen MR) is 103 cm³/mol. The summed E-state index contributed by atoms with van der Waals surface area (Å²) in [6.07, 6.45) is -0.516. The summed E-state index contributed by atoms with van der Waals surface area (Å²) in [5.41, 5.74) is 2.61. The number of aliphatic hydroxyl groups is 1. The lowest BCUT2D eigenvalue weighted by Crippen LogP contribution is -2.37. The van der Waals surface area contributed by atoms with Gasteiger partial charge in [-0.15, -0.1) is 0 Å². The Morgan fingerprint density at radius 3 is 2.69 bits per heavy atom. The van der Waals surface area contributed by atoms with Gasteiger partial charge in [-0.05, 0) is 36.8 Å². The molecule has 1 aromatic heterocycles. The number of benzene rings is 2. The van der Waals surface area contributed by atoms with E-state index in [2.05, 4.69) is 21.3 Å². The van der Waals surface area contributed by atoms with Crippen LogP contribution in [0.25, 0.3) is 10.9 Å². The van der Waals surface area contributed by atoms with Gasteiger partial charge in [-0.2, -0.15) is 4.98 Å². The van der Waals surface area contributed by atoms with E-state index >= 15 is 0 Å². The minimum atomic E-state index is -0.516. The summed E-state index contributed by atoms with van der Waals surface area (Å²) in [7, 11) is 0. The number of hydrogen-bond donors (Lipinski definition) is 2. The number of ether oxygens (including phenoxy) is 1. The van der Waals surface area contributed by atoms with Crippen molar-refractivity contribution < 1.29 is 9.84 Å². The molecule has 4 rings (SSSR count). The Bertz CT molecular complexity index is 907. The van der Waals surface area contributed by atoms with Crippen molar-refractivity contribution in [2.24, 2.45) is 0 Å². The number of para-hydroxylation sites is 1. The molecule has 1 aliphatic heterocycles. The summed E-state index contributed by atoms with van der Waals surface area (Å²) in [4.78, 5) is 11.7. The third-order valence-electron chi connectivity index (χ3n) is 4.52. The molecule has 134 valence electrons. The van der Waals surface area contributed by atoms with Crippen LogP contribution >= 0.6 is 0 Å². The van der Waals surface area contributed by atoms with Crippen LogP contribution in [0.5, 0.6) is 0 Å². The number of nitrogens with one attached hydrogen (secondary N) is 1. The molecule has 3 aromatic rings. The number of rotatable bonds is 4. The molecule has 26 heavy (non-hydrogen) atoms. The van der Waals surface area contributed by atoms with Gasteiger partial charge in [0, 0.05) is 24.2 Å². The fourth-order valence-electron chi connectivity index (χ4n) is 3.14. The van der Waals surface area contributed by atoms with Crippen LogP contribution < -0.4 is 10.2 Å². The molecular weight excluding hydrogens is 328 g/mol. The van der Waals surface area contributed by atoms with Gasteiger partial charge in [-0.3, -0.25) is 0 Å². The maximum atomic E-state index is 9.79. The standard InChI is InChI=1S/C20H22N4O2/c1-14(25)15-5-4-6-16(13-15)21-20-22-18-8-3-2-7-17(18)19(23-20)24-9-11-26-12-10-24/h2-8,13-14,25H,9-12H2,1H3,(H,21,22,23)/t14-/m1/s1. The van der Waals surface area contributed by atoms with Gasteiger partial charge in [0.25, 0.3) is 0 Å². The number of hydrogen-bond acceptors (Lipinski definition) is 6. The van der Waals surface area contributed by atoms with Crippen molar-refractivity contribution in [2.75, 3.05) is 36.5 Å². The Morgan fingerprint density at radius 2 is 1.88 bits per heavy atom. The molecule has 1 saturated heterocycles. The third-order valence-corrected chi connectivity index (χ3v) is 4.52. The number of nitrogens with zero attached hydrogens (tertiary/aromatic N) is 3. The van der Waals surface area contributed by atoms with Crippen molar-refractivity contribution in [1.82, 2.24) is 9.97 Å². The minimum Gasteiger partial charge on any atom is -0.389 e. The van der Waals surface area contributed by atoms with E-state index in [0.29, 0.717) is 19.2 Å². The summed E-state index contributed by atoms with van der Waals surface area (Å²) >= 11 is 0. The Kier molecular flexibility index (Phi) is 4.69. The van der Waals surface area contributed by atoms with Crippen molar-refractivity contribution in [1.29, 1.82) is 0 Å². The summed E-state index contributed by atoms with van der Waals surface area (Å²) in [6.45, 7) is 4.80. The lowest BCUT2D eigenvalue weighted by atomic mass is 10.1. The Morgan fingerprint density at radius 1 is 1.08 bits per heavy atom. The maximum Gasteiger partial charge on any atom is 0.229 e. The van der Waals surface area contributed by atoms with E-state index in [1.807, 2.05) is 42.5 Å². The van der Waals surface area contributed by atoms with Gasteiger partial charge in [0.2, 0.25) is 5.95 Å². The highest BCUT2D eigenvalue weighted by molar-refractivity contribution is 5.90. The lowest BCUT2D eigenvalue weighted by Gasteiger charge is -2.29. The highest BCUT2D eigenvalue weighted by atomic mass is 16.5. The van der Waals surface area contributed by atoms with Gasteiger partial charge < -0.3 is 20.1 Å². The normalized spacial score (nSPS) is 15.8. The Balaban J connectivity index is 1.72. The van der Waals surface area contributed by atoms with Crippen LogP contribution in [0.3, 0.4) is 0 Å². The van der Waals surface area contributed by atoms with Crippen molar-refractivity contribution >= 4 is 28.4 Å². The molecule has 1 atom stereocenters.